The van der Waals surface area contributed by atoms with Gasteiger partial charge in [0.2, 0.25) is 5.91 Å². The highest BCUT2D eigenvalue weighted by molar-refractivity contribution is 6.00. The van der Waals surface area contributed by atoms with Crippen LogP contribution in [0, 0.1) is 23.2 Å². The third kappa shape index (κ3) is 3.77. The first-order chi connectivity index (χ1) is 14.4. The Morgan fingerprint density at radius 3 is 2.43 bits per heavy atom. The third-order valence-corrected chi connectivity index (χ3v) is 8.12. The Bertz CT molecular complexity index is 812. The minimum absolute atomic E-state index is 0.0929. The third-order valence-electron chi connectivity index (χ3n) is 8.12. The lowest BCUT2D eigenvalue weighted by Crippen LogP contribution is -2.47. The van der Waals surface area contributed by atoms with Gasteiger partial charge in [-0.05, 0) is 99.9 Å². The smallest absolute Gasteiger partial charge is 0.254 e. The van der Waals surface area contributed by atoms with Crippen molar-refractivity contribution in [3.8, 4) is 0 Å². The van der Waals surface area contributed by atoms with Gasteiger partial charge in [0, 0.05) is 37.3 Å². The summed E-state index contributed by atoms with van der Waals surface area (Å²) in [7, 11) is 4.06. The SMILES string of the molecule is CN(C)CCN1CCc2c(NC(=O)CC34CC5CC(CC(C5)C3)C4)cccc2C1=O. The lowest BCUT2D eigenvalue weighted by atomic mass is 9.49. The molecule has 1 heterocycles. The average Bonchev–Trinajstić information content (AvgIpc) is 2.66. The maximum atomic E-state index is 13.1. The fourth-order valence-electron chi connectivity index (χ4n) is 7.27. The summed E-state index contributed by atoms with van der Waals surface area (Å²) < 4.78 is 0. The standard InChI is InChI=1S/C25H35N3O2/c1-27(2)8-9-28-7-6-20-21(24(28)30)4-3-5-22(20)26-23(29)16-25-13-17-10-18(14-25)12-19(11-17)15-25/h3-5,17-19H,6-16H2,1-2H3,(H,26,29). The van der Waals surface area contributed by atoms with Crippen molar-refractivity contribution < 1.29 is 9.59 Å². The van der Waals surface area contributed by atoms with Gasteiger partial charge < -0.3 is 15.1 Å². The van der Waals surface area contributed by atoms with E-state index in [2.05, 4.69) is 10.2 Å². The van der Waals surface area contributed by atoms with Crippen LogP contribution >= 0.6 is 0 Å². The summed E-state index contributed by atoms with van der Waals surface area (Å²) in [6.45, 7) is 2.33. The molecule has 1 aromatic carbocycles. The number of carbonyl (C=O) groups is 2. The summed E-state index contributed by atoms with van der Waals surface area (Å²) in [5, 5.41) is 3.21. The molecule has 0 radical (unpaired) electrons. The lowest BCUT2D eigenvalue weighted by molar-refractivity contribution is -0.124. The Morgan fingerprint density at radius 2 is 1.80 bits per heavy atom. The quantitative estimate of drug-likeness (QED) is 0.778. The maximum absolute atomic E-state index is 13.1. The van der Waals surface area contributed by atoms with E-state index >= 15 is 0 Å². The molecule has 162 valence electrons. The first-order valence-electron chi connectivity index (χ1n) is 11.8. The Labute approximate surface area is 180 Å². The van der Waals surface area contributed by atoms with E-state index in [1.54, 1.807) is 0 Å². The summed E-state index contributed by atoms with van der Waals surface area (Å²) >= 11 is 0. The fraction of sp³-hybridized carbons (Fsp3) is 0.680. The molecule has 0 saturated heterocycles. The number of nitrogens with zero attached hydrogens (tertiary/aromatic N) is 2. The second kappa shape index (κ2) is 7.67. The van der Waals surface area contributed by atoms with Gasteiger partial charge in [0.05, 0.1) is 0 Å². The predicted molar refractivity (Wildman–Crippen MR) is 118 cm³/mol. The van der Waals surface area contributed by atoms with Gasteiger partial charge in [0.15, 0.2) is 0 Å². The van der Waals surface area contributed by atoms with E-state index in [-0.39, 0.29) is 17.2 Å². The zero-order valence-corrected chi connectivity index (χ0v) is 18.5. The number of amides is 2. The highest BCUT2D eigenvalue weighted by Crippen LogP contribution is 2.61. The van der Waals surface area contributed by atoms with Crippen molar-refractivity contribution in [2.45, 2.75) is 51.4 Å². The van der Waals surface area contributed by atoms with Crippen LogP contribution in [-0.2, 0) is 11.2 Å². The molecule has 1 aromatic rings. The number of likely N-dealkylation sites (N-methyl/N-ethyl adjacent to an activating group) is 1. The Hall–Kier alpha value is -1.88. The van der Waals surface area contributed by atoms with E-state index in [1.807, 2.05) is 37.2 Å². The van der Waals surface area contributed by atoms with Gasteiger partial charge in [-0.3, -0.25) is 9.59 Å². The summed E-state index contributed by atoms with van der Waals surface area (Å²) in [6, 6.07) is 5.79. The van der Waals surface area contributed by atoms with Gasteiger partial charge in [0.25, 0.3) is 5.91 Å². The van der Waals surface area contributed by atoms with Crippen LogP contribution in [0.2, 0.25) is 0 Å². The molecule has 4 bridgehead atoms. The van der Waals surface area contributed by atoms with E-state index in [4.69, 9.17) is 0 Å². The van der Waals surface area contributed by atoms with E-state index < -0.39 is 0 Å². The number of hydrogen-bond donors (Lipinski definition) is 1. The zero-order valence-electron chi connectivity index (χ0n) is 18.5. The van der Waals surface area contributed by atoms with Gasteiger partial charge in [-0.15, -0.1) is 0 Å². The molecule has 1 aliphatic heterocycles. The lowest BCUT2D eigenvalue weighted by Gasteiger charge is -2.56. The van der Waals surface area contributed by atoms with Crippen molar-refractivity contribution in [3.05, 3.63) is 29.3 Å². The van der Waals surface area contributed by atoms with Crippen LogP contribution in [0.15, 0.2) is 18.2 Å². The van der Waals surface area contributed by atoms with Crippen LogP contribution in [0.5, 0.6) is 0 Å². The van der Waals surface area contributed by atoms with Crippen LogP contribution in [0.4, 0.5) is 5.69 Å². The molecule has 5 heteroatoms. The van der Waals surface area contributed by atoms with Crippen molar-refractivity contribution in [2.75, 3.05) is 39.0 Å². The number of fused-ring (bicyclic) bond motifs is 1. The number of hydrogen-bond acceptors (Lipinski definition) is 3. The minimum Gasteiger partial charge on any atom is -0.337 e. The van der Waals surface area contributed by atoms with Crippen molar-refractivity contribution >= 4 is 17.5 Å². The van der Waals surface area contributed by atoms with Gasteiger partial charge in [-0.2, -0.15) is 0 Å². The minimum atomic E-state index is 0.0929. The topological polar surface area (TPSA) is 52.6 Å². The van der Waals surface area contributed by atoms with Crippen LogP contribution in [0.25, 0.3) is 0 Å². The van der Waals surface area contributed by atoms with Gasteiger partial charge in [-0.25, -0.2) is 0 Å². The molecule has 0 atom stereocenters. The van der Waals surface area contributed by atoms with Crippen LogP contribution < -0.4 is 5.32 Å². The molecule has 0 aromatic heterocycles. The number of anilines is 1. The number of carbonyl (C=O) groups excluding carboxylic acids is 2. The molecule has 6 rings (SSSR count). The largest absolute Gasteiger partial charge is 0.337 e. The number of nitrogens with one attached hydrogen (secondary N) is 1. The zero-order chi connectivity index (χ0) is 20.9. The Balaban J connectivity index is 1.27. The van der Waals surface area contributed by atoms with E-state index in [1.165, 1.54) is 38.5 Å². The fourth-order valence-corrected chi connectivity index (χ4v) is 7.27. The maximum Gasteiger partial charge on any atom is 0.254 e. The normalized spacial score (nSPS) is 31.9. The first-order valence-corrected chi connectivity index (χ1v) is 11.8. The van der Waals surface area contributed by atoms with E-state index in [0.717, 1.165) is 60.6 Å². The van der Waals surface area contributed by atoms with E-state index in [9.17, 15) is 9.59 Å². The Morgan fingerprint density at radius 1 is 1.13 bits per heavy atom. The first kappa shape index (κ1) is 20.0. The van der Waals surface area contributed by atoms with Crippen LogP contribution in [0.3, 0.4) is 0 Å². The van der Waals surface area contributed by atoms with Crippen molar-refractivity contribution in [1.82, 2.24) is 9.80 Å². The molecule has 0 spiro atoms. The van der Waals surface area contributed by atoms with Gasteiger partial charge in [0.1, 0.15) is 0 Å². The van der Waals surface area contributed by atoms with Crippen LogP contribution in [0.1, 0.15) is 60.9 Å². The average molecular weight is 410 g/mol. The second-order valence-electron chi connectivity index (χ2n) is 10.8. The van der Waals surface area contributed by atoms with Crippen molar-refractivity contribution in [1.29, 1.82) is 0 Å². The number of rotatable bonds is 6. The monoisotopic (exact) mass is 409 g/mol. The molecule has 0 unspecified atom stereocenters. The van der Waals surface area contributed by atoms with E-state index in [0.29, 0.717) is 6.42 Å². The van der Waals surface area contributed by atoms with Gasteiger partial charge >= 0.3 is 0 Å². The molecule has 4 aliphatic carbocycles. The molecule has 30 heavy (non-hydrogen) atoms. The molecular weight excluding hydrogens is 374 g/mol. The highest BCUT2D eigenvalue weighted by Gasteiger charge is 2.51. The molecule has 5 nitrogen and oxygen atoms in total. The summed E-state index contributed by atoms with van der Waals surface area (Å²) in [5.74, 6) is 2.82. The molecule has 4 fully saturated rings. The summed E-state index contributed by atoms with van der Waals surface area (Å²) in [4.78, 5) is 30.1. The molecule has 2 amide bonds. The molecule has 5 aliphatic rings. The Kier molecular flexibility index (Phi) is 5.12. The molecule has 4 saturated carbocycles. The summed E-state index contributed by atoms with van der Waals surface area (Å²) in [5.41, 5.74) is 2.87. The van der Waals surface area contributed by atoms with Crippen LogP contribution in [-0.4, -0.2) is 55.3 Å². The highest BCUT2D eigenvalue weighted by atomic mass is 16.2. The molecule has 1 N–H and O–H groups in total. The van der Waals surface area contributed by atoms with Gasteiger partial charge in [-0.1, -0.05) is 6.07 Å². The molecular formula is C25H35N3O2. The second-order valence-corrected chi connectivity index (χ2v) is 10.8. The van der Waals surface area contributed by atoms with Crippen molar-refractivity contribution in [3.63, 3.8) is 0 Å². The number of benzene rings is 1. The van der Waals surface area contributed by atoms with Crippen molar-refractivity contribution in [2.24, 2.45) is 23.2 Å². The predicted octanol–water partition coefficient (Wildman–Crippen LogP) is 3.79. The summed E-state index contributed by atoms with van der Waals surface area (Å²) in [6.07, 6.45) is 9.42.